The Morgan fingerprint density at radius 3 is 2.55 bits per heavy atom. The maximum absolute atomic E-state index is 13.4. The lowest BCUT2D eigenvalue weighted by Crippen LogP contribution is -2.49. The largest absolute Gasteiger partial charge is 0.380 e. The molecule has 1 saturated heterocycles. The van der Waals surface area contributed by atoms with Crippen LogP contribution in [0.15, 0.2) is 24.3 Å². The van der Waals surface area contributed by atoms with E-state index >= 15 is 0 Å². The summed E-state index contributed by atoms with van der Waals surface area (Å²) >= 11 is 0. The van der Waals surface area contributed by atoms with Gasteiger partial charge < -0.3 is 20.3 Å². The molecule has 2 aromatic rings. The molecule has 0 unspecified atom stereocenters. The first-order valence-electron chi connectivity index (χ1n) is 11.8. The van der Waals surface area contributed by atoms with Crippen LogP contribution >= 0.6 is 0 Å². The van der Waals surface area contributed by atoms with Gasteiger partial charge in [0, 0.05) is 32.4 Å². The van der Waals surface area contributed by atoms with Gasteiger partial charge in [-0.15, -0.1) is 0 Å². The Morgan fingerprint density at radius 2 is 1.88 bits per heavy atom. The molecule has 9 heteroatoms. The van der Waals surface area contributed by atoms with Crippen LogP contribution in [0.4, 0.5) is 27.5 Å². The third-order valence-electron chi connectivity index (χ3n) is 5.72. The number of halogens is 1. The van der Waals surface area contributed by atoms with Crippen molar-refractivity contribution < 1.29 is 14.5 Å². The van der Waals surface area contributed by atoms with E-state index in [1.54, 1.807) is 12.1 Å². The van der Waals surface area contributed by atoms with Gasteiger partial charge in [0.1, 0.15) is 11.5 Å². The summed E-state index contributed by atoms with van der Waals surface area (Å²) in [6.07, 6.45) is 3.65. The van der Waals surface area contributed by atoms with E-state index in [9.17, 15) is 4.39 Å². The highest BCUT2D eigenvalue weighted by Crippen LogP contribution is 2.29. The summed E-state index contributed by atoms with van der Waals surface area (Å²) in [6.45, 7) is 9.29. The minimum absolute atomic E-state index is 0.287. The van der Waals surface area contributed by atoms with Gasteiger partial charge in [0.05, 0.1) is 13.2 Å². The molecule has 8 nitrogen and oxygen atoms in total. The van der Waals surface area contributed by atoms with Crippen molar-refractivity contribution in [3.8, 4) is 0 Å². The van der Waals surface area contributed by atoms with Crippen LogP contribution in [0.1, 0.15) is 38.8 Å². The second-order valence-corrected chi connectivity index (χ2v) is 8.23. The van der Waals surface area contributed by atoms with E-state index in [0.717, 1.165) is 31.0 Å². The molecule has 0 amide bonds. The monoisotopic (exact) mass is 458 g/mol. The number of nitrogens with zero attached hydrogens (tertiary/aromatic N) is 4. The maximum atomic E-state index is 13.4. The number of aromatic nitrogens is 2. The van der Waals surface area contributed by atoms with Gasteiger partial charge in [0.25, 0.3) is 0 Å². The molecule has 1 fully saturated rings. The molecule has 1 aromatic carbocycles. The molecule has 2 heterocycles. The predicted molar refractivity (Wildman–Crippen MR) is 132 cm³/mol. The molecule has 0 saturated carbocycles. The molecule has 1 aliphatic heterocycles. The highest BCUT2D eigenvalue weighted by Gasteiger charge is 2.25. The summed E-state index contributed by atoms with van der Waals surface area (Å²) < 4.78 is 18.9. The number of likely N-dealkylation sites (tertiary alicyclic amines) is 1. The van der Waals surface area contributed by atoms with Crippen molar-refractivity contribution in [2.24, 2.45) is 0 Å². The molecular weight excluding hydrogens is 421 g/mol. The highest BCUT2D eigenvalue weighted by atomic mass is 19.1. The number of nitrogens with one attached hydrogen (secondary N) is 2. The van der Waals surface area contributed by atoms with Crippen molar-refractivity contribution in [2.45, 2.75) is 33.1 Å². The predicted octanol–water partition coefficient (Wildman–Crippen LogP) is 2.30. The van der Waals surface area contributed by atoms with E-state index in [1.165, 1.54) is 31.4 Å². The van der Waals surface area contributed by atoms with Gasteiger partial charge in [-0.25, -0.2) is 9.37 Å². The Morgan fingerprint density at radius 1 is 1.15 bits per heavy atom. The molecule has 180 valence electrons. The average Bonchev–Trinajstić information content (AvgIpc) is 2.83. The zero-order valence-electron chi connectivity index (χ0n) is 20.0. The number of ether oxygens (including phenoxy) is 1. The SMILES string of the molecule is CCOCCNc1c(Nc2ccc(F)cc2)nc(N(C)CC)nc1C(=[NH2+])CN1CCCCC1. The quantitative estimate of drug-likeness (QED) is 0.332. The molecule has 4 N–H and O–H groups in total. The van der Waals surface area contributed by atoms with Crippen molar-refractivity contribution >= 4 is 28.9 Å². The third-order valence-corrected chi connectivity index (χ3v) is 5.72. The second kappa shape index (κ2) is 12.5. The van der Waals surface area contributed by atoms with Gasteiger partial charge in [-0.3, -0.25) is 10.3 Å². The Hall–Kier alpha value is -2.78. The molecular formula is C24H37FN7O+. The van der Waals surface area contributed by atoms with Crippen molar-refractivity contribution in [3.63, 3.8) is 0 Å². The molecule has 0 bridgehead atoms. The second-order valence-electron chi connectivity index (χ2n) is 8.23. The Labute approximate surface area is 196 Å². The van der Waals surface area contributed by atoms with Gasteiger partial charge >= 0.3 is 0 Å². The number of piperidine rings is 1. The number of nitrogens with two attached hydrogens (primary N) is 1. The number of rotatable bonds is 12. The van der Waals surface area contributed by atoms with Crippen LogP contribution in [0.2, 0.25) is 0 Å². The standard InChI is InChI=1S/C24H36FN7O/c1-4-31(3)24-29-21(20(26)17-32-14-7-6-8-15-32)22(27-13-16-33-5-2)23(30-24)28-19-11-9-18(25)10-12-19/h9-12,26-27H,4-8,13-17H2,1-3H3,(H,28,29,30)/p+1. The Balaban J connectivity index is 1.97. The molecule has 0 aliphatic carbocycles. The zero-order chi connectivity index (χ0) is 23.6. The average molecular weight is 459 g/mol. The minimum Gasteiger partial charge on any atom is -0.380 e. The van der Waals surface area contributed by atoms with E-state index < -0.39 is 0 Å². The molecule has 0 radical (unpaired) electrons. The van der Waals surface area contributed by atoms with Crippen molar-refractivity contribution in [2.75, 3.05) is 68.5 Å². The summed E-state index contributed by atoms with van der Waals surface area (Å²) in [5, 5.41) is 13.4. The van der Waals surface area contributed by atoms with Crippen LogP contribution in [0.25, 0.3) is 0 Å². The molecule has 3 rings (SSSR count). The Kier molecular flexibility index (Phi) is 9.38. The lowest BCUT2D eigenvalue weighted by atomic mass is 10.1. The first-order chi connectivity index (χ1) is 16.0. The fourth-order valence-corrected chi connectivity index (χ4v) is 3.75. The van der Waals surface area contributed by atoms with Gasteiger partial charge in [0.15, 0.2) is 11.5 Å². The number of hydrogen-bond donors (Lipinski definition) is 3. The Bertz CT molecular complexity index is 900. The zero-order valence-corrected chi connectivity index (χ0v) is 20.0. The molecule has 33 heavy (non-hydrogen) atoms. The number of anilines is 4. The fourth-order valence-electron chi connectivity index (χ4n) is 3.75. The van der Waals surface area contributed by atoms with Crippen LogP contribution in [-0.4, -0.2) is 73.6 Å². The van der Waals surface area contributed by atoms with E-state index in [1.807, 2.05) is 25.8 Å². The molecule has 1 aliphatic rings. The molecule has 1 aromatic heterocycles. The van der Waals surface area contributed by atoms with E-state index in [0.29, 0.717) is 49.5 Å². The van der Waals surface area contributed by atoms with Crippen molar-refractivity contribution in [3.05, 3.63) is 35.8 Å². The lowest BCUT2D eigenvalue weighted by molar-refractivity contribution is -0.116. The summed E-state index contributed by atoms with van der Waals surface area (Å²) in [5.74, 6) is 0.888. The lowest BCUT2D eigenvalue weighted by Gasteiger charge is -2.26. The van der Waals surface area contributed by atoms with Gasteiger partial charge in [-0.05, 0) is 64.0 Å². The van der Waals surface area contributed by atoms with E-state index in [4.69, 9.17) is 20.1 Å². The van der Waals surface area contributed by atoms with Crippen molar-refractivity contribution in [1.82, 2.24) is 14.9 Å². The highest BCUT2D eigenvalue weighted by molar-refractivity contribution is 6.03. The van der Waals surface area contributed by atoms with Crippen LogP contribution in [0.3, 0.4) is 0 Å². The van der Waals surface area contributed by atoms with Gasteiger partial charge in [0.2, 0.25) is 11.7 Å². The first kappa shape index (κ1) is 24.9. The smallest absolute Gasteiger partial charge is 0.227 e. The fraction of sp³-hybridized carbons (Fsp3) is 0.542. The van der Waals surface area contributed by atoms with E-state index in [-0.39, 0.29) is 5.82 Å². The summed E-state index contributed by atoms with van der Waals surface area (Å²) in [4.78, 5) is 14.0. The summed E-state index contributed by atoms with van der Waals surface area (Å²) in [7, 11) is 1.95. The molecule has 0 atom stereocenters. The summed E-state index contributed by atoms with van der Waals surface area (Å²) in [5.41, 5.74) is 2.84. The van der Waals surface area contributed by atoms with Crippen LogP contribution < -0.4 is 20.9 Å². The van der Waals surface area contributed by atoms with Crippen LogP contribution in [0, 0.1) is 5.82 Å². The minimum atomic E-state index is -0.287. The van der Waals surface area contributed by atoms with Crippen LogP contribution in [0.5, 0.6) is 0 Å². The van der Waals surface area contributed by atoms with Crippen molar-refractivity contribution in [1.29, 1.82) is 0 Å². The number of hydrogen-bond acceptors (Lipinski definition) is 7. The third kappa shape index (κ3) is 7.10. The molecule has 0 spiro atoms. The first-order valence-corrected chi connectivity index (χ1v) is 11.8. The van der Waals surface area contributed by atoms with E-state index in [2.05, 4.69) is 15.5 Å². The number of benzene rings is 1. The summed E-state index contributed by atoms with van der Waals surface area (Å²) in [6, 6.07) is 6.21. The van der Waals surface area contributed by atoms with Gasteiger partial charge in [-0.1, -0.05) is 6.42 Å². The van der Waals surface area contributed by atoms with Crippen LogP contribution in [-0.2, 0) is 4.74 Å². The topological polar surface area (TPSA) is 91.1 Å². The normalized spacial score (nSPS) is 14.2. The maximum Gasteiger partial charge on any atom is 0.227 e. The van der Waals surface area contributed by atoms with Gasteiger partial charge in [-0.2, -0.15) is 4.98 Å².